The zero-order chi connectivity index (χ0) is 23.8. The highest BCUT2D eigenvalue weighted by atomic mass is 16.5. The van der Waals surface area contributed by atoms with Crippen LogP contribution in [0.25, 0.3) is 11.1 Å². The first-order valence-corrected chi connectivity index (χ1v) is 11.3. The predicted octanol–water partition coefficient (Wildman–Crippen LogP) is 4.02. The molecule has 2 amide bonds. The molecule has 2 aliphatic carbocycles. The smallest absolute Gasteiger partial charge is 0.407 e. The van der Waals surface area contributed by atoms with Crippen LogP contribution in [0.1, 0.15) is 50.2 Å². The standard InChI is InChI=1S/C26H30N2O5/c1-26(2,24(30)31)28(3)23(29)22(16-9-8-10-16)27-25(32)33-15-21-19-13-6-4-11-17(19)18-12-5-7-14-20(18)21/h4-7,11-14,16,21-22H,8-10,15H2,1-3H3,(H,27,32)(H,30,31). The second-order valence-corrected chi connectivity index (χ2v) is 9.40. The van der Waals surface area contributed by atoms with Crippen LogP contribution in [0.2, 0.25) is 0 Å². The van der Waals surface area contributed by atoms with Gasteiger partial charge in [-0.25, -0.2) is 9.59 Å². The van der Waals surface area contributed by atoms with E-state index >= 15 is 0 Å². The lowest BCUT2D eigenvalue weighted by Crippen LogP contribution is -2.59. The van der Waals surface area contributed by atoms with Crippen LogP contribution in [0, 0.1) is 5.92 Å². The number of carbonyl (C=O) groups excluding carboxylic acids is 2. The Labute approximate surface area is 193 Å². The van der Waals surface area contributed by atoms with E-state index in [-0.39, 0.29) is 18.4 Å². The first-order chi connectivity index (χ1) is 15.7. The number of likely N-dealkylation sites (N-methyl/N-ethyl adjacent to an activating group) is 1. The highest BCUT2D eigenvalue weighted by molar-refractivity contribution is 5.91. The van der Waals surface area contributed by atoms with Crippen LogP contribution < -0.4 is 5.32 Å². The van der Waals surface area contributed by atoms with Gasteiger partial charge in [-0.2, -0.15) is 0 Å². The molecule has 0 heterocycles. The Morgan fingerprint density at radius 2 is 1.61 bits per heavy atom. The third-order valence-corrected chi connectivity index (χ3v) is 7.20. The Morgan fingerprint density at radius 3 is 2.09 bits per heavy atom. The van der Waals surface area contributed by atoms with E-state index in [0.717, 1.165) is 41.5 Å². The maximum atomic E-state index is 13.1. The van der Waals surface area contributed by atoms with Gasteiger partial charge in [-0.15, -0.1) is 0 Å². The maximum absolute atomic E-state index is 13.1. The van der Waals surface area contributed by atoms with Crippen molar-refractivity contribution in [1.82, 2.24) is 10.2 Å². The molecule has 2 aliphatic rings. The van der Waals surface area contributed by atoms with Crippen molar-refractivity contribution in [2.75, 3.05) is 13.7 Å². The first-order valence-electron chi connectivity index (χ1n) is 11.3. The fraction of sp³-hybridized carbons (Fsp3) is 0.423. The number of alkyl carbamates (subject to hydrolysis) is 1. The number of ether oxygens (including phenoxy) is 1. The predicted molar refractivity (Wildman–Crippen MR) is 124 cm³/mol. The first kappa shape index (κ1) is 22.8. The molecule has 7 nitrogen and oxygen atoms in total. The molecule has 2 aromatic rings. The van der Waals surface area contributed by atoms with E-state index in [4.69, 9.17) is 4.74 Å². The van der Waals surface area contributed by atoms with Gasteiger partial charge in [-0.05, 0) is 54.9 Å². The molecule has 1 fully saturated rings. The van der Waals surface area contributed by atoms with Gasteiger partial charge in [0.15, 0.2) is 0 Å². The third kappa shape index (κ3) is 4.19. The van der Waals surface area contributed by atoms with Crippen molar-refractivity contribution in [3.8, 4) is 11.1 Å². The van der Waals surface area contributed by atoms with Crippen molar-refractivity contribution in [2.24, 2.45) is 5.92 Å². The number of fused-ring (bicyclic) bond motifs is 3. The lowest BCUT2D eigenvalue weighted by Gasteiger charge is -2.39. The number of rotatable bonds is 7. The van der Waals surface area contributed by atoms with Crippen LogP contribution in [0.15, 0.2) is 48.5 Å². The third-order valence-electron chi connectivity index (χ3n) is 7.20. The van der Waals surface area contributed by atoms with Crippen molar-refractivity contribution in [3.05, 3.63) is 59.7 Å². The van der Waals surface area contributed by atoms with Crippen LogP contribution in [-0.4, -0.2) is 53.2 Å². The van der Waals surface area contributed by atoms with E-state index in [1.165, 1.54) is 25.8 Å². The minimum absolute atomic E-state index is 0.0231. The molecule has 7 heteroatoms. The Bertz CT molecular complexity index is 1030. The van der Waals surface area contributed by atoms with Crippen molar-refractivity contribution in [1.29, 1.82) is 0 Å². The van der Waals surface area contributed by atoms with E-state index < -0.39 is 29.6 Å². The molecule has 33 heavy (non-hydrogen) atoms. The second kappa shape index (κ2) is 8.89. The van der Waals surface area contributed by atoms with Gasteiger partial charge in [-0.1, -0.05) is 55.0 Å². The lowest BCUT2D eigenvalue weighted by atomic mass is 9.79. The molecular weight excluding hydrogens is 420 g/mol. The van der Waals surface area contributed by atoms with Crippen molar-refractivity contribution in [3.63, 3.8) is 0 Å². The summed E-state index contributed by atoms with van der Waals surface area (Å²) in [4.78, 5) is 38.7. The minimum Gasteiger partial charge on any atom is -0.480 e. The average molecular weight is 451 g/mol. The summed E-state index contributed by atoms with van der Waals surface area (Å²) in [5.74, 6) is -1.62. The summed E-state index contributed by atoms with van der Waals surface area (Å²) >= 11 is 0. The van der Waals surface area contributed by atoms with E-state index in [9.17, 15) is 19.5 Å². The molecule has 0 bridgehead atoms. The minimum atomic E-state index is -1.39. The topological polar surface area (TPSA) is 95.9 Å². The highest BCUT2D eigenvalue weighted by Crippen LogP contribution is 2.44. The summed E-state index contributed by atoms with van der Waals surface area (Å²) in [6.07, 6.45) is 1.93. The summed E-state index contributed by atoms with van der Waals surface area (Å²) in [6, 6.07) is 15.4. The summed E-state index contributed by atoms with van der Waals surface area (Å²) in [7, 11) is 1.46. The van der Waals surface area contributed by atoms with Crippen molar-refractivity contribution >= 4 is 18.0 Å². The number of amides is 2. The van der Waals surface area contributed by atoms with Crippen LogP contribution >= 0.6 is 0 Å². The number of hydrogen-bond acceptors (Lipinski definition) is 4. The summed E-state index contributed by atoms with van der Waals surface area (Å²) in [5.41, 5.74) is 3.12. The summed E-state index contributed by atoms with van der Waals surface area (Å²) in [6.45, 7) is 3.10. The Morgan fingerprint density at radius 1 is 1.06 bits per heavy atom. The van der Waals surface area contributed by atoms with Gasteiger partial charge in [0.2, 0.25) is 5.91 Å². The molecule has 174 valence electrons. The zero-order valence-electron chi connectivity index (χ0n) is 19.2. The number of hydrogen-bond donors (Lipinski definition) is 2. The SMILES string of the molecule is CN(C(=O)C(NC(=O)OCC1c2ccccc2-c2ccccc21)C1CCC1)C(C)(C)C(=O)O. The average Bonchev–Trinajstić information content (AvgIpc) is 3.08. The molecule has 2 N–H and O–H groups in total. The summed E-state index contributed by atoms with van der Waals surface area (Å²) in [5, 5.41) is 12.2. The molecular formula is C26H30N2O5. The number of benzene rings is 2. The van der Waals surface area contributed by atoms with Crippen LogP contribution in [-0.2, 0) is 14.3 Å². The van der Waals surface area contributed by atoms with E-state index in [1.807, 2.05) is 36.4 Å². The van der Waals surface area contributed by atoms with Gasteiger partial charge in [0, 0.05) is 13.0 Å². The maximum Gasteiger partial charge on any atom is 0.407 e. The molecule has 0 radical (unpaired) electrons. The van der Waals surface area contributed by atoms with Crippen LogP contribution in [0.5, 0.6) is 0 Å². The number of nitrogens with one attached hydrogen (secondary N) is 1. The lowest BCUT2D eigenvalue weighted by molar-refractivity contribution is -0.157. The fourth-order valence-electron chi connectivity index (χ4n) is 4.55. The Kier molecular flexibility index (Phi) is 6.15. The largest absolute Gasteiger partial charge is 0.480 e. The summed E-state index contributed by atoms with van der Waals surface area (Å²) < 4.78 is 5.61. The second-order valence-electron chi connectivity index (χ2n) is 9.40. The molecule has 1 atom stereocenters. The molecule has 1 unspecified atom stereocenters. The van der Waals surface area contributed by atoms with E-state index in [1.54, 1.807) is 0 Å². The Balaban J connectivity index is 1.46. The van der Waals surface area contributed by atoms with Crippen molar-refractivity contribution in [2.45, 2.75) is 50.6 Å². The van der Waals surface area contributed by atoms with Crippen LogP contribution in [0.3, 0.4) is 0 Å². The molecule has 4 rings (SSSR count). The van der Waals surface area contributed by atoms with Crippen LogP contribution in [0.4, 0.5) is 4.79 Å². The number of nitrogens with zero attached hydrogens (tertiary/aromatic N) is 1. The van der Waals surface area contributed by atoms with E-state index in [2.05, 4.69) is 17.4 Å². The quantitative estimate of drug-likeness (QED) is 0.664. The molecule has 0 saturated heterocycles. The highest BCUT2D eigenvalue weighted by Gasteiger charge is 2.42. The van der Waals surface area contributed by atoms with Gasteiger partial charge in [0.1, 0.15) is 18.2 Å². The normalized spacial score (nSPS) is 16.2. The van der Waals surface area contributed by atoms with Gasteiger partial charge in [0.05, 0.1) is 0 Å². The molecule has 1 saturated carbocycles. The van der Waals surface area contributed by atoms with Gasteiger partial charge < -0.3 is 20.1 Å². The number of carboxylic acid groups (broad SMARTS) is 1. The monoisotopic (exact) mass is 450 g/mol. The fourth-order valence-corrected chi connectivity index (χ4v) is 4.55. The van der Waals surface area contributed by atoms with Gasteiger partial charge in [0.25, 0.3) is 0 Å². The van der Waals surface area contributed by atoms with Gasteiger partial charge in [-0.3, -0.25) is 4.79 Å². The van der Waals surface area contributed by atoms with Crippen molar-refractivity contribution < 1.29 is 24.2 Å². The number of carboxylic acids is 1. The molecule has 0 spiro atoms. The number of aliphatic carboxylic acids is 1. The van der Waals surface area contributed by atoms with Gasteiger partial charge >= 0.3 is 12.1 Å². The number of carbonyl (C=O) groups is 3. The molecule has 2 aromatic carbocycles. The zero-order valence-corrected chi connectivity index (χ0v) is 19.2. The van der Waals surface area contributed by atoms with E-state index in [0.29, 0.717) is 0 Å². The molecule has 0 aromatic heterocycles. The molecule has 0 aliphatic heterocycles. The Hall–Kier alpha value is -3.35.